The lowest BCUT2D eigenvalue weighted by Crippen LogP contribution is -2.41. The SMILES string of the molecule is CCCN(CCc1cccs1)C1CCc2c(cccc2OC(=O)CCNC(=O)CCCCCCCCCCCC(=O)NCC)C1. The average Bonchev–Trinajstić information content (AvgIpc) is 3.56. The number of nitrogens with one attached hydrogen (secondary N) is 2. The summed E-state index contributed by atoms with van der Waals surface area (Å²) in [5.74, 6) is 0.560. The minimum Gasteiger partial charge on any atom is -0.426 e. The van der Waals surface area contributed by atoms with E-state index in [2.05, 4.69) is 46.0 Å². The number of amides is 2. The molecule has 2 N–H and O–H groups in total. The molecule has 0 fully saturated rings. The highest BCUT2D eigenvalue weighted by Crippen LogP contribution is 2.32. The Kier molecular flexibility index (Phi) is 17.9. The predicted molar refractivity (Wildman–Crippen MR) is 185 cm³/mol. The highest BCUT2D eigenvalue weighted by atomic mass is 32.1. The molecular formula is C37H57N3O4S. The number of fused-ring (bicyclic) bond motifs is 1. The van der Waals surface area contributed by atoms with Crippen LogP contribution < -0.4 is 15.4 Å². The Balaban J connectivity index is 1.25. The van der Waals surface area contributed by atoms with E-state index in [4.69, 9.17) is 4.74 Å². The molecule has 0 saturated carbocycles. The fourth-order valence-electron chi connectivity index (χ4n) is 6.29. The van der Waals surface area contributed by atoms with Crippen LogP contribution in [0.1, 0.15) is 120 Å². The lowest BCUT2D eigenvalue weighted by molar-refractivity contribution is -0.134. The fourth-order valence-corrected chi connectivity index (χ4v) is 6.99. The standard InChI is InChI=1S/C37H57N3O4S/c1-3-26-40(27-24-32-17-15-28-45-32)31-21-22-33-30(29-31)16-14-18-34(33)44-37(43)23-25-39-36(42)20-13-11-9-7-5-6-8-10-12-19-35(41)38-4-2/h14-18,28,31H,3-13,19-27,29H2,1-2H3,(H,38,41)(H,39,42). The number of hydrogen-bond donors (Lipinski definition) is 2. The van der Waals surface area contributed by atoms with Crippen LogP contribution in [0.5, 0.6) is 5.75 Å². The number of ether oxygens (including phenoxy) is 1. The number of carbonyl (C=O) groups excluding carboxylic acids is 3. The van der Waals surface area contributed by atoms with Gasteiger partial charge < -0.3 is 15.4 Å². The summed E-state index contributed by atoms with van der Waals surface area (Å²) in [5.41, 5.74) is 2.45. The van der Waals surface area contributed by atoms with Crippen LogP contribution in [0.2, 0.25) is 0 Å². The van der Waals surface area contributed by atoms with Gasteiger partial charge in [0.15, 0.2) is 0 Å². The zero-order valence-corrected chi connectivity index (χ0v) is 28.7. The summed E-state index contributed by atoms with van der Waals surface area (Å²) in [4.78, 5) is 40.4. The van der Waals surface area contributed by atoms with Crippen molar-refractivity contribution in [2.24, 2.45) is 0 Å². The van der Waals surface area contributed by atoms with E-state index in [1.807, 2.05) is 30.4 Å². The van der Waals surface area contributed by atoms with Gasteiger partial charge in [-0.05, 0) is 87.1 Å². The lowest BCUT2D eigenvalue weighted by atomic mass is 9.86. The first-order valence-electron chi connectivity index (χ1n) is 17.6. The second-order valence-corrected chi connectivity index (χ2v) is 13.4. The van der Waals surface area contributed by atoms with Gasteiger partial charge in [0.1, 0.15) is 5.75 Å². The van der Waals surface area contributed by atoms with Crippen LogP contribution in [0.25, 0.3) is 0 Å². The quantitative estimate of drug-likeness (QED) is 0.0752. The Hall–Kier alpha value is -2.71. The van der Waals surface area contributed by atoms with Crippen LogP contribution in [0, 0.1) is 0 Å². The van der Waals surface area contributed by atoms with Gasteiger partial charge in [0.25, 0.3) is 0 Å². The van der Waals surface area contributed by atoms with Crippen LogP contribution in [0.4, 0.5) is 0 Å². The molecule has 1 aliphatic carbocycles. The fraction of sp³-hybridized carbons (Fsp3) is 0.649. The molecule has 3 rings (SSSR count). The van der Waals surface area contributed by atoms with Crippen LogP contribution in [-0.4, -0.2) is 54.9 Å². The zero-order valence-electron chi connectivity index (χ0n) is 27.9. The van der Waals surface area contributed by atoms with Gasteiger partial charge in [-0.2, -0.15) is 0 Å². The minimum absolute atomic E-state index is 0.00811. The summed E-state index contributed by atoms with van der Waals surface area (Å²) in [6.07, 6.45) is 16.5. The Morgan fingerprint density at radius 2 is 1.53 bits per heavy atom. The maximum atomic E-state index is 12.6. The number of hydrogen-bond acceptors (Lipinski definition) is 6. The Morgan fingerprint density at radius 1 is 0.844 bits per heavy atom. The molecule has 2 amide bonds. The van der Waals surface area contributed by atoms with Gasteiger partial charge in [0, 0.05) is 43.4 Å². The third-order valence-electron chi connectivity index (χ3n) is 8.72. The van der Waals surface area contributed by atoms with Gasteiger partial charge in [0.2, 0.25) is 11.8 Å². The van der Waals surface area contributed by atoms with E-state index in [1.54, 1.807) is 0 Å². The highest BCUT2D eigenvalue weighted by molar-refractivity contribution is 7.09. The zero-order chi connectivity index (χ0) is 32.1. The summed E-state index contributed by atoms with van der Waals surface area (Å²) >= 11 is 1.84. The molecule has 1 atom stereocenters. The lowest BCUT2D eigenvalue weighted by Gasteiger charge is -2.35. The van der Waals surface area contributed by atoms with Crippen LogP contribution >= 0.6 is 11.3 Å². The number of unbranched alkanes of at least 4 members (excludes halogenated alkanes) is 8. The number of esters is 1. The molecule has 2 aromatic rings. The Labute approximate surface area is 275 Å². The normalized spacial score (nSPS) is 14.2. The van der Waals surface area contributed by atoms with Gasteiger partial charge in [-0.1, -0.05) is 70.1 Å². The topological polar surface area (TPSA) is 87.7 Å². The summed E-state index contributed by atoms with van der Waals surface area (Å²) < 4.78 is 5.80. The molecule has 0 spiro atoms. The molecule has 0 radical (unpaired) electrons. The number of nitrogens with zero attached hydrogens (tertiary/aromatic N) is 1. The molecule has 1 aromatic carbocycles. The molecule has 7 nitrogen and oxygen atoms in total. The van der Waals surface area contributed by atoms with Crippen LogP contribution in [0.3, 0.4) is 0 Å². The summed E-state index contributed by atoms with van der Waals surface area (Å²) in [6.45, 7) is 7.41. The third kappa shape index (κ3) is 14.5. The van der Waals surface area contributed by atoms with E-state index in [0.29, 0.717) is 37.7 Å². The Morgan fingerprint density at radius 3 is 2.18 bits per heavy atom. The molecule has 250 valence electrons. The van der Waals surface area contributed by atoms with Gasteiger partial charge in [0.05, 0.1) is 6.42 Å². The molecule has 8 heteroatoms. The van der Waals surface area contributed by atoms with Crippen molar-refractivity contribution in [3.63, 3.8) is 0 Å². The molecule has 0 bridgehead atoms. The van der Waals surface area contributed by atoms with Crippen LogP contribution in [0.15, 0.2) is 35.7 Å². The molecule has 45 heavy (non-hydrogen) atoms. The van der Waals surface area contributed by atoms with Crippen molar-refractivity contribution < 1.29 is 19.1 Å². The van der Waals surface area contributed by atoms with Crippen molar-refractivity contribution >= 4 is 29.1 Å². The minimum atomic E-state index is -0.293. The maximum Gasteiger partial charge on any atom is 0.312 e. The first-order valence-corrected chi connectivity index (χ1v) is 18.5. The molecular weight excluding hydrogens is 582 g/mol. The molecule has 1 heterocycles. The van der Waals surface area contributed by atoms with E-state index < -0.39 is 0 Å². The number of thiophene rings is 1. The largest absolute Gasteiger partial charge is 0.426 e. The summed E-state index contributed by atoms with van der Waals surface area (Å²) in [6, 6.07) is 11.0. The first-order chi connectivity index (χ1) is 22.0. The predicted octanol–water partition coefficient (Wildman–Crippen LogP) is 7.40. The van der Waals surface area contributed by atoms with E-state index in [0.717, 1.165) is 82.9 Å². The van der Waals surface area contributed by atoms with Crippen molar-refractivity contribution in [1.82, 2.24) is 15.5 Å². The van der Waals surface area contributed by atoms with Gasteiger partial charge in [-0.3, -0.25) is 19.3 Å². The summed E-state index contributed by atoms with van der Waals surface area (Å²) in [7, 11) is 0. The van der Waals surface area contributed by atoms with Gasteiger partial charge in [-0.25, -0.2) is 0 Å². The number of benzene rings is 1. The average molecular weight is 640 g/mol. The van der Waals surface area contributed by atoms with Gasteiger partial charge in [-0.15, -0.1) is 11.3 Å². The second kappa shape index (κ2) is 21.9. The van der Waals surface area contributed by atoms with Crippen LogP contribution in [-0.2, 0) is 33.6 Å². The monoisotopic (exact) mass is 639 g/mol. The number of carbonyl (C=O) groups is 3. The van der Waals surface area contributed by atoms with Gasteiger partial charge >= 0.3 is 5.97 Å². The van der Waals surface area contributed by atoms with E-state index >= 15 is 0 Å². The van der Waals surface area contributed by atoms with Crippen molar-refractivity contribution in [3.8, 4) is 5.75 Å². The smallest absolute Gasteiger partial charge is 0.312 e. The highest BCUT2D eigenvalue weighted by Gasteiger charge is 2.26. The van der Waals surface area contributed by atoms with Crippen molar-refractivity contribution in [2.75, 3.05) is 26.2 Å². The van der Waals surface area contributed by atoms with E-state index in [9.17, 15) is 14.4 Å². The second-order valence-electron chi connectivity index (χ2n) is 12.4. The number of rotatable bonds is 23. The maximum absolute atomic E-state index is 12.6. The molecule has 1 aliphatic rings. The van der Waals surface area contributed by atoms with E-state index in [-0.39, 0.29) is 24.2 Å². The van der Waals surface area contributed by atoms with Crippen molar-refractivity contribution in [1.29, 1.82) is 0 Å². The molecule has 1 unspecified atom stereocenters. The van der Waals surface area contributed by atoms with Crippen molar-refractivity contribution in [2.45, 2.75) is 129 Å². The van der Waals surface area contributed by atoms with Crippen molar-refractivity contribution in [3.05, 3.63) is 51.7 Å². The third-order valence-corrected chi connectivity index (χ3v) is 9.66. The first kappa shape index (κ1) is 36.8. The molecule has 0 saturated heterocycles. The van der Waals surface area contributed by atoms with E-state index in [1.165, 1.54) is 36.1 Å². The summed E-state index contributed by atoms with van der Waals surface area (Å²) in [5, 5.41) is 7.88. The Bertz CT molecular complexity index is 1140. The molecule has 1 aromatic heterocycles. The molecule has 0 aliphatic heterocycles.